The number of nitrogens with one attached hydrogen (secondary N) is 1. The normalized spacial score (nSPS) is 14.2. The van der Waals surface area contributed by atoms with Crippen LogP contribution in [0.1, 0.15) is 10.4 Å². The minimum Gasteiger partial charge on any atom is -0.497 e. The molecule has 1 fully saturated rings. The third-order valence-electron chi connectivity index (χ3n) is 5.87. The number of amides is 1. The van der Waals surface area contributed by atoms with E-state index < -0.39 is 10.0 Å². The van der Waals surface area contributed by atoms with Crippen LogP contribution in [-0.2, 0) is 10.0 Å². The summed E-state index contributed by atoms with van der Waals surface area (Å²) >= 11 is 1.67. The molecule has 0 radical (unpaired) electrons. The molecule has 35 heavy (non-hydrogen) atoms. The van der Waals surface area contributed by atoms with Crippen molar-refractivity contribution in [3.8, 4) is 5.75 Å². The number of rotatable bonds is 6. The summed E-state index contributed by atoms with van der Waals surface area (Å²) in [5.74, 6) is 0.506. The number of sulfonamides is 1. The summed E-state index contributed by atoms with van der Waals surface area (Å²) in [5, 5.41) is 0.979. The van der Waals surface area contributed by atoms with Crippen LogP contribution in [0.2, 0.25) is 0 Å². The largest absolute Gasteiger partial charge is 0.497 e. The molecule has 0 saturated carbocycles. The van der Waals surface area contributed by atoms with Crippen LogP contribution in [0.15, 0.2) is 77.7 Å². The topological polar surface area (TPSA) is 91.8 Å². The SMILES string of the molecule is COc1ccc(S(=O)(=O)Nc2ccc(C(=O)N3CCN(c4nc5ccccc5s4)CC3)cc2)cc1. The van der Waals surface area contributed by atoms with E-state index in [1.165, 1.54) is 19.2 Å². The predicted octanol–water partition coefficient (Wildman–Crippen LogP) is 4.07. The molecule has 0 bridgehead atoms. The number of aromatic nitrogens is 1. The molecular formula is C25H24N4O4S2. The molecule has 1 aromatic heterocycles. The number of piperazine rings is 1. The Morgan fingerprint density at radius 1 is 0.943 bits per heavy atom. The molecular weight excluding hydrogens is 484 g/mol. The van der Waals surface area contributed by atoms with Gasteiger partial charge in [0.2, 0.25) is 0 Å². The van der Waals surface area contributed by atoms with Crippen LogP contribution in [0.5, 0.6) is 5.75 Å². The first kappa shape index (κ1) is 23.1. The Morgan fingerprint density at radius 3 is 2.29 bits per heavy atom. The van der Waals surface area contributed by atoms with Crippen LogP contribution < -0.4 is 14.4 Å². The first-order valence-corrected chi connectivity index (χ1v) is 13.4. The van der Waals surface area contributed by atoms with E-state index in [-0.39, 0.29) is 10.8 Å². The average molecular weight is 509 g/mol. The number of nitrogens with zero attached hydrogens (tertiary/aromatic N) is 3. The zero-order valence-electron chi connectivity index (χ0n) is 19.0. The van der Waals surface area contributed by atoms with E-state index in [4.69, 9.17) is 9.72 Å². The van der Waals surface area contributed by atoms with Gasteiger partial charge in [-0.25, -0.2) is 13.4 Å². The molecule has 1 N–H and O–H groups in total. The molecule has 180 valence electrons. The minimum absolute atomic E-state index is 0.0708. The molecule has 1 aliphatic rings. The standard InChI is InChI=1S/C25H24N4O4S2/c1-33-20-10-12-21(13-11-20)35(31,32)27-19-8-6-18(7-9-19)24(30)28-14-16-29(17-15-28)25-26-22-4-2-3-5-23(22)34-25/h2-13,27H,14-17H2,1H3. The fourth-order valence-corrected chi connectivity index (χ4v) is 6.00. The number of fused-ring (bicyclic) bond motifs is 1. The fourth-order valence-electron chi connectivity index (χ4n) is 3.93. The first-order chi connectivity index (χ1) is 16.9. The van der Waals surface area contributed by atoms with Gasteiger partial charge in [0.15, 0.2) is 5.13 Å². The number of carbonyl (C=O) groups excluding carboxylic acids is 1. The molecule has 0 unspecified atom stereocenters. The Morgan fingerprint density at radius 2 is 1.63 bits per heavy atom. The van der Waals surface area contributed by atoms with Crippen LogP contribution in [0.4, 0.5) is 10.8 Å². The Kier molecular flexibility index (Phi) is 6.31. The Labute approximate surface area is 207 Å². The van der Waals surface area contributed by atoms with Crippen molar-refractivity contribution >= 4 is 48.3 Å². The highest BCUT2D eigenvalue weighted by atomic mass is 32.2. The zero-order chi connectivity index (χ0) is 24.4. The third-order valence-corrected chi connectivity index (χ3v) is 8.37. The summed E-state index contributed by atoms with van der Waals surface area (Å²) in [5.41, 5.74) is 1.90. The average Bonchev–Trinajstić information content (AvgIpc) is 3.33. The van der Waals surface area contributed by atoms with Crippen molar-refractivity contribution in [3.63, 3.8) is 0 Å². The molecule has 1 saturated heterocycles. The number of hydrogen-bond acceptors (Lipinski definition) is 7. The van der Waals surface area contributed by atoms with E-state index in [0.717, 1.165) is 15.3 Å². The third kappa shape index (κ3) is 4.94. The van der Waals surface area contributed by atoms with Crippen LogP contribution in [0.3, 0.4) is 0 Å². The van der Waals surface area contributed by atoms with Crippen molar-refractivity contribution in [3.05, 3.63) is 78.4 Å². The van der Waals surface area contributed by atoms with Crippen molar-refractivity contribution in [2.24, 2.45) is 0 Å². The highest BCUT2D eigenvalue weighted by Gasteiger charge is 2.24. The highest BCUT2D eigenvalue weighted by Crippen LogP contribution is 2.29. The van der Waals surface area contributed by atoms with Gasteiger partial charge >= 0.3 is 0 Å². The van der Waals surface area contributed by atoms with Crippen molar-refractivity contribution in [1.82, 2.24) is 9.88 Å². The molecule has 10 heteroatoms. The van der Waals surface area contributed by atoms with E-state index in [1.807, 2.05) is 23.1 Å². The second-order valence-corrected chi connectivity index (χ2v) is 10.8. The van der Waals surface area contributed by atoms with Crippen LogP contribution >= 0.6 is 11.3 Å². The molecule has 1 amide bonds. The van der Waals surface area contributed by atoms with Crippen molar-refractivity contribution in [1.29, 1.82) is 0 Å². The van der Waals surface area contributed by atoms with Gasteiger partial charge in [0, 0.05) is 37.4 Å². The van der Waals surface area contributed by atoms with Crippen LogP contribution in [-0.4, -0.2) is 57.5 Å². The molecule has 4 aromatic rings. The lowest BCUT2D eigenvalue weighted by Gasteiger charge is -2.34. The number of thiazole rings is 1. The maximum atomic E-state index is 13.0. The van der Waals surface area contributed by atoms with E-state index in [0.29, 0.717) is 43.2 Å². The number of carbonyl (C=O) groups is 1. The summed E-state index contributed by atoms with van der Waals surface area (Å²) in [4.78, 5) is 21.9. The number of ether oxygens (including phenoxy) is 1. The minimum atomic E-state index is -3.75. The number of para-hydroxylation sites is 1. The molecule has 5 rings (SSSR count). The summed E-state index contributed by atoms with van der Waals surface area (Å²) in [7, 11) is -2.22. The van der Waals surface area contributed by atoms with Crippen LogP contribution in [0.25, 0.3) is 10.2 Å². The lowest BCUT2D eigenvalue weighted by Crippen LogP contribution is -2.48. The van der Waals surface area contributed by atoms with Gasteiger partial charge in [-0.1, -0.05) is 23.5 Å². The van der Waals surface area contributed by atoms with E-state index in [2.05, 4.69) is 15.7 Å². The van der Waals surface area contributed by atoms with E-state index in [9.17, 15) is 13.2 Å². The van der Waals surface area contributed by atoms with Gasteiger partial charge in [0.05, 0.1) is 22.2 Å². The highest BCUT2D eigenvalue weighted by molar-refractivity contribution is 7.92. The fraction of sp³-hybridized carbons (Fsp3) is 0.200. The number of benzene rings is 3. The van der Waals surface area contributed by atoms with Crippen molar-refractivity contribution in [2.75, 3.05) is 42.9 Å². The smallest absolute Gasteiger partial charge is 0.261 e. The maximum Gasteiger partial charge on any atom is 0.261 e. The van der Waals surface area contributed by atoms with E-state index in [1.54, 1.807) is 47.7 Å². The van der Waals surface area contributed by atoms with Crippen LogP contribution in [0, 0.1) is 0 Å². The van der Waals surface area contributed by atoms with Gasteiger partial charge in [-0.05, 0) is 60.7 Å². The molecule has 2 heterocycles. The number of methoxy groups -OCH3 is 1. The molecule has 8 nitrogen and oxygen atoms in total. The number of anilines is 2. The summed E-state index contributed by atoms with van der Waals surface area (Å²) in [6, 6.07) is 20.7. The number of hydrogen-bond donors (Lipinski definition) is 1. The van der Waals surface area contributed by atoms with Gasteiger partial charge in [-0.3, -0.25) is 9.52 Å². The summed E-state index contributed by atoms with van der Waals surface area (Å²) in [6.07, 6.45) is 0. The van der Waals surface area contributed by atoms with Crippen molar-refractivity contribution < 1.29 is 17.9 Å². The van der Waals surface area contributed by atoms with Gasteiger partial charge in [0.25, 0.3) is 15.9 Å². The van der Waals surface area contributed by atoms with Crippen molar-refractivity contribution in [2.45, 2.75) is 4.90 Å². The molecule has 3 aromatic carbocycles. The summed E-state index contributed by atoms with van der Waals surface area (Å²) in [6.45, 7) is 2.62. The van der Waals surface area contributed by atoms with Gasteiger partial charge in [-0.2, -0.15) is 0 Å². The molecule has 0 spiro atoms. The molecule has 0 aliphatic carbocycles. The van der Waals surface area contributed by atoms with Gasteiger partial charge < -0.3 is 14.5 Å². The molecule has 0 atom stereocenters. The van der Waals surface area contributed by atoms with Gasteiger partial charge in [0.1, 0.15) is 5.75 Å². The Bertz CT molecular complexity index is 1410. The Hall–Kier alpha value is -3.63. The lowest BCUT2D eigenvalue weighted by molar-refractivity contribution is 0.0747. The predicted molar refractivity (Wildman–Crippen MR) is 138 cm³/mol. The maximum absolute atomic E-state index is 13.0. The first-order valence-electron chi connectivity index (χ1n) is 11.1. The molecule has 1 aliphatic heterocycles. The second kappa shape index (κ2) is 9.55. The monoisotopic (exact) mass is 508 g/mol. The quantitative estimate of drug-likeness (QED) is 0.422. The second-order valence-electron chi connectivity index (χ2n) is 8.10. The Balaban J connectivity index is 1.20. The lowest BCUT2D eigenvalue weighted by atomic mass is 10.1. The van der Waals surface area contributed by atoms with Gasteiger partial charge in [-0.15, -0.1) is 0 Å². The van der Waals surface area contributed by atoms with E-state index >= 15 is 0 Å². The zero-order valence-corrected chi connectivity index (χ0v) is 20.7. The summed E-state index contributed by atoms with van der Waals surface area (Å²) < 4.78 is 34.0.